The highest BCUT2D eigenvalue weighted by Gasteiger charge is 2.10. The number of nitrogen functional groups attached to an aromatic ring is 1. The lowest BCUT2D eigenvalue weighted by Crippen LogP contribution is -1.90. The van der Waals surface area contributed by atoms with Gasteiger partial charge in [0, 0.05) is 0 Å². The molecule has 0 saturated heterocycles. The summed E-state index contributed by atoms with van der Waals surface area (Å²) in [6.07, 6.45) is 0. The van der Waals surface area contributed by atoms with Crippen molar-refractivity contribution in [1.29, 1.82) is 5.26 Å². The van der Waals surface area contributed by atoms with Gasteiger partial charge in [0.1, 0.15) is 11.1 Å². The van der Waals surface area contributed by atoms with Crippen LogP contribution in [0.1, 0.15) is 30.9 Å². The predicted octanol–water partition coefficient (Wildman–Crippen LogP) is 2.33. The molecule has 0 aliphatic heterocycles. The van der Waals surface area contributed by atoms with Crippen LogP contribution in [0.4, 0.5) is 5.00 Å². The van der Waals surface area contributed by atoms with Crippen LogP contribution >= 0.6 is 11.3 Å². The summed E-state index contributed by atoms with van der Waals surface area (Å²) in [5, 5.41) is 11.3. The van der Waals surface area contributed by atoms with E-state index in [9.17, 15) is 0 Å². The molecule has 0 amide bonds. The molecule has 0 bridgehead atoms. The van der Waals surface area contributed by atoms with E-state index in [0.717, 1.165) is 5.56 Å². The lowest BCUT2D eigenvalue weighted by atomic mass is 10.0. The molecule has 58 valence electrons. The van der Waals surface area contributed by atoms with Crippen LogP contribution in [0.3, 0.4) is 0 Å². The summed E-state index contributed by atoms with van der Waals surface area (Å²) >= 11 is 1.44. The van der Waals surface area contributed by atoms with Crippen LogP contribution in [0.25, 0.3) is 0 Å². The summed E-state index contributed by atoms with van der Waals surface area (Å²) in [5.74, 6) is 0.387. The molecule has 0 spiro atoms. The molecule has 3 heteroatoms. The van der Waals surface area contributed by atoms with Gasteiger partial charge in [-0.15, -0.1) is 11.3 Å². The Morgan fingerprint density at radius 3 is 2.64 bits per heavy atom. The third-order valence-corrected chi connectivity index (χ3v) is 2.41. The molecule has 0 aromatic carbocycles. The zero-order valence-electron chi connectivity index (χ0n) is 6.59. The van der Waals surface area contributed by atoms with Crippen molar-refractivity contribution in [2.75, 3.05) is 5.73 Å². The van der Waals surface area contributed by atoms with E-state index in [1.165, 1.54) is 11.3 Å². The van der Waals surface area contributed by atoms with Crippen LogP contribution < -0.4 is 5.73 Å². The van der Waals surface area contributed by atoms with Crippen LogP contribution in [0.5, 0.6) is 0 Å². The topological polar surface area (TPSA) is 49.8 Å². The van der Waals surface area contributed by atoms with Crippen molar-refractivity contribution in [3.05, 3.63) is 16.5 Å². The molecule has 0 aliphatic carbocycles. The van der Waals surface area contributed by atoms with E-state index in [1.54, 1.807) is 0 Å². The smallest absolute Gasteiger partial charge is 0.104 e. The molecule has 11 heavy (non-hydrogen) atoms. The van der Waals surface area contributed by atoms with Crippen LogP contribution in [-0.2, 0) is 0 Å². The highest BCUT2D eigenvalue weighted by atomic mass is 32.1. The van der Waals surface area contributed by atoms with Gasteiger partial charge in [0.25, 0.3) is 0 Å². The van der Waals surface area contributed by atoms with Gasteiger partial charge in [-0.05, 0) is 16.9 Å². The SMILES string of the molecule is CC(C)c1csc(N)c1C#N. The Labute approximate surface area is 70.3 Å². The lowest BCUT2D eigenvalue weighted by molar-refractivity contribution is 0.869. The number of nitriles is 1. The molecule has 0 fully saturated rings. The van der Waals surface area contributed by atoms with Gasteiger partial charge in [0.2, 0.25) is 0 Å². The first kappa shape index (κ1) is 8.09. The van der Waals surface area contributed by atoms with Gasteiger partial charge in [-0.2, -0.15) is 5.26 Å². The number of rotatable bonds is 1. The third-order valence-electron chi connectivity index (χ3n) is 1.58. The molecule has 0 unspecified atom stereocenters. The van der Waals surface area contributed by atoms with Gasteiger partial charge in [0.15, 0.2) is 0 Å². The predicted molar refractivity (Wildman–Crippen MR) is 47.5 cm³/mol. The fourth-order valence-corrected chi connectivity index (χ4v) is 1.86. The largest absolute Gasteiger partial charge is 0.389 e. The van der Waals surface area contributed by atoms with Crippen molar-refractivity contribution in [3.8, 4) is 6.07 Å². The van der Waals surface area contributed by atoms with Crippen molar-refractivity contribution in [1.82, 2.24) is 0 Å². The normalized spacial score (nSPS) is 10.0. The average molecular weight is 166 g/mol. The van der Waals surface area contributed by atoms with E-state index in [0.29, 0.717) is 16.5 Å². The fraction of sp³-hybridized carbons (Fsp3) is 0.375. The minimum Gasteiger partial charge on any atom is -0.389 e. The van der Waals surface area contributed by atoms with Gasteiger partial charge in [-0.25, -0.2) is 0 Å². The van der Waals surface area contributed by atoms with E-state index >= 15 is 0 Å². The van der Waals surface area contributed by atoms with Crippen molar-refractivity contribution < 1.29 is 0 Å². The van der Waals surface area contributed by atoms with Crippen LogP contribution in [0.15, 0.2) is 5.38 Å². The number of anilines is 1. The second-order valence-corrected chi connectivity index (χ2v) is 3.61. The number of hydrogen-bond donors (Lipinski definition) is 1. The Kier molecular flexibility index (Phi) is 2.16. The van der Waals surface area contributed by atoms with Gasteiger partial charge < -0.3 is 5.73 Å². The van der Waals surface area contributed by atoms with Crippen LogP contribution in [-0.4, -0.2) is 0 Å². The van der Waals surface area contributed by atoms with E-state index < -0.39 is 0 Å². The average Bonchev–Trinajstić information content (AvgIpc) is 2.30. The Morgan fingerprint density at radius 1 is 1.64 bits per heavy atom. The highest BCUT2D eigenvalue weighted by molar-refractivity contribution is 7.14. The first-order valence-corrected chi connectivity index (χ1v) is 4.31. The maximum atomic E-state index is 8.71. The van der Waals surface area contributed by atoms with Crippen molar-refractivity contribution in [2.24, 2.45) is 0 Å². The molecule has 0 saturated carbocycles. The maximum Gasteiger partial charge on any atom is 0.104 e. The second-order valence-electron chi connectivity index (χ2n) is 2.70. The van der Waals surface area contributed by atoms with Crippen molar-refractivity contribution >= 4 is 16.3 Å². The molecule has 1 aromatic rings. The lowest BCUT2D eigenvalue weighted by Gasteiger charge is -2.00. The Morgan fingerprint density at radius 2 is 2.27 bits per heavy atom. The zero-order valence-corrected chi connectivity index (χ0v) is 7.40. The molecule has 2 nitrogen and oxygen atoms in total. The zero-order chi connectivity index (χ0) is 8.43. The van der Waals surface area contributed by atoms with Gasteiger partial charge in [-0.3, -0.25) is 0 Å². The van der Waals surface area contributed by atoms with Crippen molar-refractivity contribution in [2.45, 2.75) is 19.8 Å². The summed E-state index contributed by atoms with van der Waals surface area (Å²) in [6, 6.07) is 2.11. The molecular weight excluding hydrogens is 156 g/mol. The summed E-state index contributed by atoms with van der Waals surface area (Å²) in [7, 11) is 0. The molecular formula is C8H10N2S. The van der Waals surface area contributed by atoms with Crippen molar-refractivity contribution in [3.63, 3.8) is 0 Å². The van der Waals surface area contributed by atoms with Gasteiger partial charge in [0.05, 0.1) is 5.56 Å². The first-order valence-electron chi connectivity index (χ1n) is 3.43. The van der Waals surface area contributed by atoms with Crippen LogP contribution in [0.2, 0.25) is 0 Å². The third kappa shape index (κ3) is 1.36. The van der Waals surface area contributed by atoms with E-state index in [2.05, 4.69) is 19.9 Å². The summed E-state index contributed by atoms with van der Waals surface area (Å²) in [6.45, 7) is 4.12. The quantitative estimate of drug-likeness (QED) is 0.696. The maximum absolute atomic E-state index is 8.71. The van der Waals surface area contributed by atoms with Crippen LogP contribution in [0, 0.1) is 11.3 Å². The summed E-state index contributed by atoms with van der Waals surface area (Å²) < 4.78 is 0. The molecule has 1 aromatic heterocycles. The minimum absolute atomic E-state index is 0.387. The summed E-state index contributed by atoms with van der Waals surface area (Å²) in [5.41, 5.74) is 7.31. The van der Waals surface area contributed by atoms with Gasteiger partial charge >= 0.3 is 0 Å². The standard InChI is InChI=1S/C8H10N2S/c1-5(2)7-4-11-8(10)6(7)3-9/h4-5H,10H2,1-2H3. The van der Waals surface area contributed by atoms with E-state index in [1.807, 2.05) is 5.38 Å². The fourth-order valence-electron chi connectivity index (χ4n) is 0.931. The Bertz CT molecular complexity index is 294. The number of hydrogen-bond acceptors (Lipinski definition) is 3. The van der Waals surface area contributed by atoms with E-state index in [4.69, 9.17) is 11.0 Å². The molecule has 1 heterocycles. The Balaban J connectivity index is 3.19. The number of nitrogens with two attached hydrogens (primary N) is 1. The Hall–Kier alpha value is -1.01. The van der Waals surface area contributed by atoms with Gasteiger partial charge in [-0.1, -0.05) is 13.8 Å². The molecule has 0 aliphatic rings. The number of nitrogens with zero attached hydrogens (tertiary/aromatic N) is 1. The molecule has 1 rings (SSSR count). The van der Waals surface area contributed by atoms with E-state index in [-0.39, 0.29) is 0 Å². The monoisotopic (exact) mass is 166 g/mol. The molecule has 0 atom stereocenters. The summed E-state index contributed by atoms with van der Waals surface area (Å²) in [4.78, 5) is 0. The molecule has 2 N–H and O–H groups in total. The number of thiophene rings is 1. The second kappa shape index (κ2) is 2.93. The first-order chi connectivity index (χ1) is 5.16. The molecule has 0 radical (unpaired) electrons. The minimum atomic E-state index is 0.387. The highest BCUT2D eigenvalue weighted by Crippen LogP contribution is 2.29.